The van der Waals surface area contributed by atoms with E-state index in [-0.39, 0.29) is 23.5 Å². The molecule has 1 heterocycles. The van der Waals surface area contributed by atoms with E-state index in [0.29, 0.717) is 30.5 Å². The molecule has 2 aromatic rings. The molecule has 0 unspecified atom stereocenters. The monoisotopic (exact) mass is 374 g/mol. The van der Waals surface area contributed by atoms with Gasteiger partial charge in [-0.15, -0.1) is 0 Å². The maximum absolute atomic E-state index is 12.5. The number of nitrogens with zero attached hydrogens (tertiary/aromatic N) is 1. The van der Waals surface area contributed by atoms with E-state index in [0.717, 1.165) is 5.56 Å². The number of benzene rings is 2. The summed E-state index contributed by atoms with van der Waals surface area (Å²) in [7, 11) is 3.04. The number of methoxy groups -OCH3 is 2. The molecule has 3 rings (SSSR count). The summed E-state index contributed by atoms with van der Waals surface area (Å²) in [5.41, 5.74) is 0.315. The van der Waals surface area contributed by atoms with Gasteiger partial charge >= 0.3 is 0 Å². The minimum Gasteiger partial charge on any atom is -0.493 e. The van der Waals surface area contributed by atoms with Crippen molar-refractivity contribution in [2.75, 3.05) is 27.4 Å². The summed E-state index contributed by atoms with van der Waals surface area (Å²) in [5, 5.41) is 14.0. The molecule has 0 atom stereocenters. The van der Waals surface area contributed by atoms with Gasteiger partial charge in [-0.25, -0.2) is 0 Å². The SMILES string of the molecule is COc1ccc(CNC(=O)c2cc3c(cc2[N+](=O)[O-])OCCO3)cc1OC. The molecule has 0 saturated heterocycles. The Morgan fingerprint density at radius 3 is 2.41 bits per heavy atom. The maximum Gasteiger partial charge on any atom is 0.286 e. The first-order valence-electron chi connectivity index (χ1n) is 8.10. The summed E-state index contributed by atoms with van der Waals surface area (Å²) in [6.45, 7) is 0.775. The predicted molar refractivity (Wildman–Crippen MR) is 94.8 cm³/mol. The van der Waals surface area contributed by atoms with Gasteiger partial charge < -0.3 is 24.3 Å². The highest BCUT2D eigenvalue weighted by atomic mass is 16.6. The van der Waals surface area contributed by atoms with Crippen LogP contribution in [0.5, 0.6) is 23.0 Å². The number of carbonyl (C=O) groups excluding carboxylic acids is 1. The van der Waals surface area contributed by atoms with Gasteiger partial charge in [0.15, 0.2) is 23.0 Å². The van der Waals surface area contributed by atoms with E-state index in [2.05, 4.69) is 5.32 Å². The van der Waals surface area contributed by atoms with Crippen molar-refractivity contribution in [1.29, 1.82) is 0 Å². The average Bonchev–Trinajstić information content (AvgIpc) is 2.70. The van der Waals surface area contributed by atoms with Gasteiger partial charge in [0.1, 0.15) is 18.8 Å². The highest BCUT2D eigenvalue weighted by molar-refractivity contribution is 5.99. The molecule has 1 N–H and O–H groups in total. The van der Waals surface area contributed by atoms with Crippen LogP contribution in [0.3, 0.4) is 0 Å². The maximum atomic E-state index is 12.5. The van der Waals surface area contributed by atoms with Crippen molar-refractivity contribution in [3.63, 3.8) is 0 Å². The standard InChI is InChI=1S/C18H18N2O7/c1-24-14-4-3-11(7-15(14)25-2)10-19-18(21)12-8-16-17(27-6-5-26-16)9-13(12)20(22)23/h3-4,7-9H,5-6,10H2,1-2H3,(H,19,21). The highest BCUT2D eigenvalue weighted by Gasteiger charge is 2.26. The fraction of sp³-hybridized carbons (Fsp3) is 0.278. The van der Waals surface area contributed by atoms with E-state index in [1.807, 2.05) is 0 Å². The summed E-state index contributed by atoms with van der Waals surface area (Å²) < 4.78 is 21.1. The minimum absolute atomic E-state index is 0.0928. The molecule has 1 aliphatic heterocycles. The van der Waals surface area contributed by atoms with E-state index in [1.54, 1.807) is 18.2 Å². The summed E-state index contributed by atoms with van der Waals surface area (Å²) >= 11 is 0. The topological polar surface area (TPSA) is 109 Å². The number of carbonyl (C=O) groups is 1. The number of nitro benzene ring substituents is 1. The molecule has 0 aromatic heterocycles. The molecule has 1 amide bonds. The number of ether oxygens (including phenoxy) is 4. The van der Waals surface area contributed by atoms with Crippen LogP contribution in [-0.4, -0.2) is 38.3 Å². The fourth-order valence-corrected chi connectivity index (χ4v) is 2.68. The zero-order valence-corrected chi connectivity index (χ0v) is 14.8. The highest BCUT2D eigenvalue weighted by Crippen LogP contribution is 2.36. The Morgan fingerprint density at radius 1 is 1.11 bits per heavy atom. The Morgan fingerprint density at radius 2 is 1.78 bits per heavy atom. The molecule has 2 aromatic carbocycles. The summed E-state index contributed by atoms with van der Waals surface area (Å²) in [5.74, 6) is 1.06. The zero-order valence-electron chi connectivity index (χ0n) is 14.8. The van der Waals surface area contributed by atoms with Crippen LogP contribution in [0.25, 0.3) is 0 Å². The normalized spacial score (nSPS) is 12.2. The molecule has 27 heavy (non-hydrogen) atoms. The van der Waals surface area contributed by atoms with Gasteiger partial charge in [0.2, 0.25) is 0 Å². The third-order valence-corrected chi connectivity index (χ3v) is 4.00. The lowest BCUT2D eigenvalue weighted by atomic mass is 10.1. The van der Waals surface area contributed by atoms with Crippen molar-refractivity contribution in [3.05, 3.63) is 51.6 Å². The van der Waals surface area contributed by atoms with Gasteiger partial charge in [-0.05, 0) is 17.7 Å². The van der Waals surface area contributed by atoms with Crippen LogP contribution in [0.4, 0.5) is 5.69 Å². The Balaban J connectivity index is 1.81. The first kappa shape index (κ1) is 18.3. The number of hydrogen-bond acceptors (Lipinski definition) is 7. The third-order valence-electron chi connectivity index (χ3n) is 4.00. The third kappa shape index (κ3) is 3.86. The first-order valence-corrected chi connectivity index (χ1v) is 8.10. The molecule has 0 radical (unpaired) electrons. The molecule has 0 aliphatic carbocycles. The van der Waals surface area contributed by atoms with Crippen molar-refractivity contribution in [2.24, 2.45) is 0 Å². The molecule has 0 saturated carbocycles. The largest absolute Gasteiger partial charge is 0.493 e. The van der Waals surface area contributed by atoms with Gasteiger partial charge in [0.25, 0.3) is 11.6 Å². The van der Waals surface area contributed by atoms with Crippen LogP contribution >= 0.6 is 0 Å². The Labute approximate surface area is 154 Å². The van der Waals surface area contributed by atoms with Crippen LogP contribution < -0.4 is 24.3 Å². The van der Waals surface area contributed by atoms with Crippen molar-refractivity contribution in [2.45, 2.75) is 6.54 Å². The molecule has 0 bridgehead atoms. The van der Waals surface area contributed by atoms with Gasteiger partial charge in [-0.2, -0.15) is 0 Å². The quantitative estimate of drug-likeness (QED) is 0.610. The lowest BCUT2D eigenvalue weighted by molar-refractivity contribution is -0.385. The van der Waals surface area contributed by atoms with Crippen LogP contribution in [0.1, 0.15) is 15.9 Å². The van der Waals surface area contributed by atoms with Gasteiger partial charge in [-0.1, -0.05) is 6.07 Å². The number of amides is 1. The molecular weight excluding hydrogens is 356 g/mol. The number of nitrogens with one attached hydrogen (secondary N) is 1. The number of rotatable bonds is 6. The molecule has 142 valence electrons. The van der Waals surface area contributed by atoms with Crippen molar-refractivity contribution >= 4 is 11.6 Å². The Bertz CT molecular complexity index is 882. The predicted octanol–water partition coefficient (Wildman–Crippen LogP) is 2.31. The molecule has 0 spiro atoms. The number of nitro groups is 1. The van der Waals surface area contributed by atoms with E-state index in [1.165, 1.54) is 26.4 Å². The summed E-state index contributed by atoms with van der Waals surface area (Å²) in [6.07, 6.45) is 0. The zero-order chi connectivity index (χ0) is 19.4. The number of hydrogen-bond donors (Lipinski definition) is 1. The lowest BCUT2D eigenvalue weighted by Crippen LogP contribution is -2.24. The van der Waals surface area contributed by atoms with Gasteiger partial charge in [-0.3, -0.25) is 14.9 Å². The molecular formula is C18H18N2O7. The Kier molecular flexibility index (Phi) is 5.30. The Hall–Kier alpha value is -3.49. The van der Waals surface area contributed by atoms with Gasteiger partial charge in [0, 0.05) is 12.6 Å². The number of fused-ring (bicyclic) bond motifs is 1. The average molecular weight is 374 g/mol. The van der Waals surface area contributed by atoms with Crippen molar-refractivity contribution in [3.8, 4) is 23.0 Å². The first-order chi connectivity index (χ1) is 13.0. The molecule has 9 nitrogen and oxygen atoms in total. The van der Waals surface area contributed by atoms with Crippen LogP contribution in [-0.2, 0) is 6.54 Å². The second-order valence-electron chi connectivity index (χ2n) is 5.64. The second-order valence-corrected chi connectivity index (χ2v) is 5.64. The molecule has 1 aliphatic rings. The van der Waals surface area contributed by atoms with Crippen molar-refractivity contribution < 1.29 is 28.7 Å². The summed E-state index contributed by atoms with van der Waals surface area (Å²) in [4.78, 5) is 23.3. The smallest absolute Gasteiger partial charge is 0.286 e. The van der Waals surface area contributed by atoms with E-state index < -0.39 is 10.8 Å². The van der Waals surface area contributed by atoms with Crippen LogP contribution in [0.15, 0.2) is 30.3 Å². The van der Waals surface area contributed by atoms with Crippen LogP contribution in [0.2, 0.25) is 0 Å². The van der Waals surface area contributed by atoms with E-state index >= 15 is 0 Å². The molecule has 9 heteroatoms. The fourth-order valence-electron chi connectivity index (χ4n) is 2.68. The van der Waals surface area contributed by atoms with E-state index in [4.69, 9.17) is 18.9 Å². The van der Waals surface area contributed by atoms with E-state index in [9.17, 15) is 14.9 Å². The minimum atomic E-state index is -0.621. The summed E-state index contributed by atoms with van der Waals surface area (Å²) in [6, 6.07) is 7.74. The van der Waals surface area contributed by atoms with Crippen LogP contribution in [0, 0.1) is 10.1 Å². The second kappa shape index (κ2) is 7.81. The lowest BCUT2D eigenvalue weighted by Gasteiger charge is -2.19. The molecule has 0 fully saturated rings. The van der Waals surface area contributed by atoms with Crippen molar-refractivity contribution in [1.82, 2.24) is 5.32 Å². The van der Waals surface area contributed by atoms with Gasteiger partial charge in [0.05, 0.1) is 25.2 Å².